The van der Waals surface area contributed by atoms with Crippen LogP contribution in [0, 0.1) is 0 Å². The Kier molecular flexibility index (Phi) is 5.02. The summed E-state index contributed by atoms with van der Waals surface area (Å²) >= 11 is 0. The Morgan fingerprint density at radius 2 is 1.94 bits per heavy atom. The van der Waals surface area contributed by atoms with Crippen LogP contribution in [-0.2, 0) is 11.3 Å². The SMILES string of the molecule is CC(C)(C)OC(=O)n1ccc2ncc(CNC(=O)c3cc(=O)n4ccccc4n3)cc21. The maximum absolute atomic E-state index is 12.5. The molecule has 4 rings (SSSR count). The van der Waals surface area contributed by atoms with E-state index in [1.165, 1.54) is 15.0 Å². The summed E-state index contributed by atoms with van der Waals surface area (Å²) in [6.45, 7) is 5.53. The molecule has 0 saturated carbocycles. The highest BCUT2D eigenvalue weighted by atomic mass is 16.6. The second kappa shape index (κ2) is 7.67. The van der Waals surface area contributed by atoms with Gasteiger partial charge >= 0.3 is 6.09 Å². The lowest BCUT2D eigenvalue weighted by atomic mass is 10.2. The molecule has 1 N–H and O–H groups in total. The van der Waals surface area contributed by atoms with E-state index in [0.29, 0.717) is 22.2 Å². The minimum absolute atomic E-state index is 0.0300. The molecule has 0 radical (unpaired) electrons. The molecule has 0 aliphatic rings. The van der Waals surface area contributed by atoms with Gasteiger partial charge in [-0.2, -0.15) is 0 Å². The van der Waals surface area contributed by atoms with Crippen molar-refractivity contribution in [2.75, 3.05) is 0 Å². The summed E-state index contributed by atoms with van der Waals surface area (Å²) in [5.74, 6) is -0.480. The molecule has 0 aliphatic carbocycles. The molecule has 31 heavy (non-hydrogen) atoms. The number of nitrogens with one attached hydrogen (secondary N) is 1. The summed E-state index contributed by atoms with van der Waals surface area (Å²) in [5.41, 5.74) is 1.34. The van der Waals surface area contributed by atoms with Crippen LogP contribution in [0.5, 0.6) is 0 Å². The van der Waals surface area contributed by atoms with Crippen molar-refractivity contribution in [2.45, 2.75) is 32.9 Å². The van der Waals surface area contributed by atoms with Gasteiger partial charge in [-0.15, -0.1) is 0 Å². The summed E-state index contributed by atoms with van der Waals surface area (Å²) < 4.78 is 8.16. The van der Waals surface area contributed by atoms with Gasteiger partial charge in [-0.1, -0.05) is 6.07 Å². The average molecular weight is 419 g/mol. The number of nitrogens with zero attached hydrogens (tertiary/aromatic N) is 4. The Bertz CT molecular complexity index is 1360. The molecule has 4 heterocycles. The zero-order valence-corrected chi connectivity index (χ0v) is 17.3. The Labute approximate surface area is 177 Å². The summed E-state index contributed by atoms with van der Waals surface area (Å²) in [6.07, 6.45) is 4.30. The Morgan fingerprint density at radius 1 is 1.13 bits per heavy atom. The summed E-state index contributed by atoms with van der Waals surface area (Å²) in [5, 5.41) is 2.74. The van der Waals surface area contributed by atoms with Gasteiger partial charge in [0.1, 0.15) is 16.9 Å². The number of ether oxygens (including phenoxy) is 1. The molecule has 0 unspecified atom stereocenters. The van der Waals surface area contributed by atoms with Crippen molar-refractivity contribution in [3.8, 4) is 0 Å². The fourth-order valence-corrected chi connectivity index (χ4v) is 3.06. The number of aromatic nitrogens is 4. The molecule has 0 spiro atoms. The Hall–Kier alpha value is -4.01. The van der Waals surface area contributed by atoms with E-state index in [-0.39, 0.29) is 17.8 Å². The van der Waals surface area contributed by atoms with Gasteiger partial charge in [0, 0.05) is 31.2 Å². The number of carbonyl (C=O) groups is 2. The van der Waals surface area contributed by atoms with Crippen LogP contribution in [0.25, 0.3) is 16.7 Å². The van der Waals surface area contributed by atoms with E-state index in [0.717, 1.165) is 0 Å². The lowest BCUT2D eigenvalue weighted by Gasteiger charge is -2.19. The molecule has 158 valence electrons. The second-order valence-electron chi connectivity index (χ2n) is 8.01. The number of hydrogen-bond acceptors (Lipinski definition) is 6. The Balaban J connectivity index is 1.54. The van der Waals surface area contributed by atoms with Gasteiger partial charge in [0.05, 0.1) is 11.0 Å². The second-order valence-corrected chi connectivity index (χ2v) is 8.01. The van der Waals surface area contributed by atoms with Gasteiger partial charge in [-0.25, -0.2) is 9.78 Å². The van der Waals surface area contributed by atoms with E-state index < -0.39 is 17.6 Å². The third kappa shape index (κ3) is 4.30. The van der Waals surface area contributed by atoms with Crippen LogP contribution >= 0.6 is 0 Å². The Morgan fingerprint density at radius 3 is 2.71 bits per heavy atom. The smallest absolute Gasteiger partial charge is 0.419 e. The quantitative estimate of drug-likeness (QED) is 0.547. The third-order valence-corrected chi connectivity index (χ3v) is 4.44. The largest absolute Gasteiger partial charge is 0.443 e. The van der Waals surface area contributed by atoms with Crippen molar-refractivity contribution < 1.29 is 14.3 Å². The van der Waals surface area contributed by atoms with Crippen LogP contribution in [0.3, 0.4) is 0 Å². The fourth-order valence-electron chi connectivity index (χ4n) is 3.06. The zero-order chi connectivity index (χ0) is 22.2. The van der Waals surface area contributed by atoms with Crippen molar-refractivity contribution in [1.82, 2.24) is 24.3 Å². The monoisotopic (exact) mass is 419 g/mol. The lowest BCUT2D eigenvalue weighted by Crippen LogP contribution is -2.27. The van der Waals surface area contributed by atoms with Crippen LogP contribution in [0.1, 0.15) is 36.8 Å². The van der Waals surface area contributed by atoms with Crippen molar-refractivity contribution in [3.05, 3.63) is 76.6 Å². The molecular weight excluding hydrogens is 398 g/mol. The van der Waals surface area contributed by atoms with Crippen molar-refractivity contribution in [2.24, 2.45) is 0 Å². The first-order valence-electron chi connectivity index (χ1n) is 9.67. The topological polar surface area (TPSA) is 108 Å². The van der Waals surface area contributed by atoms with Gasteiger partial charge in [-0.3, -0.25) is 23.5 Å². The molecule has 9 nitrogen and oxygen atoms in total. The normalized spacial score (nSPS) is 11.6. The first kappa shape index (κ1) is 20.3. The molecule has 0 bridgehead atoms. The highest BCUT2D eigenvalue weighted by molar-refractivity contribution is 5.92. The molecule has 0 saturated heterocycles. The average Bonchev–Trinajstić information content (AvgIpc) is 3.14. The first-order valence-corrected chi connectivity index (χ1v) is 9.67. The molecule has 4 aromatic heterocycles. The minimum atomic E-state index is -0.627. The number of fused-ring (bicyclic) bond motifs is 2. The predicted molar refractivity (Wildman–Crippen MR) is 114 cm³/mol. The summed E-state index contributed by atoms with van der Waals surface area (Å²) in [7, 11) is 0. The van der Waals surface area contributed by atoms with E-state index in [1.807, 2.05) is 0 Å². The molecule has 4 aromatic rings. The zero-order valence-electron chi connectivity index (χ0n) is 17.3. The van der Waals surface area contributed by atoms with Crippen LogP contribution < -0.4 is 10.9 Å². The molecule has 1 amide bonds. The molecule has 0 atom stereocenters. The van der Waals surface area contributed by atoms with Crippen LogP contribution in [0.4, 0.5) is 4.79 Å². The first-order chi connectivity index (χ1) is 14.7. The summed E-state index contributed by atoms with van der Waals surface area (Å²) in [4.78, 5) is 45.7. The van der Waals surface area contributed by atoms with Gasteiger partial charge < -0.3 is 10.1 Å². The van der Waals surface area contributed by atoms with Gasteiger partial charge in [0.25, 0.3) is 11.5 Å². The molecule has 9 heteroatoms. The van der Waals surface area contributed by atoms with E-state index in [9.17, 15) is 14.4 Å². The standard InChI is InChI=1S/C22H21N5O4/c1-22(2,3)31-21(30)26-9-7-15-17(26)10-14(12-23-15)13-24-20(29)16-11-19(28)27-8-5-4-6-18(27)25-16/h4-12H,13H2,1-3H3,(H,24,29). The van der Waals surface area contributed by atoms with Crippen molar-refractivity contribution in [1.29, 1.82) is 0 Å². The number of rotatable bonds is 3. The summed E-state index contributed by atoms with van der Waals surface area (Å²) in [6, 6.07) is 9.78. The number of carbonyl (C=O) groups excluding carboxylic acids is 2. The number of pyridine rings is 2. The van der Waals surface area contributed by atoms with E-state index in [1.54, 1.807) is 69.7 Å². The van der Waals surface area contributed by atoms with Crippen molar-refractivity contribution in [3.63, 3.8) is 0 Å². The minimum Gasteiger partial charge on any atom is -0.443 e. The van der Waals surface area contributed by atoms with Crippen LogP contribution in [0.15, 0.2) is 59.8 Å². The van der Waals surface area contributed by atoms with Crippen LogP contribution in [-0.4, -0.2) is 36.5 Å². The van der Waals surface area contributed by atoms with E-state index in [4.69, 9.17) is 4.74 Å². The molecular formula is C22H21N5O4. The maximum Gasteiger partial charge on any atom is 0.419 e. The highest BCUT2D eigenvalue weighted by Crippen LogP contribution is 2.18. The van der Waals surface area contributed by atoms with Gasteiger partial charge in [0.2, 0.25) is 0 Å². The maximum atomic E-state index is 12.5. The van der Waals surface area contributed by atoms with E-state index in [2.05, 4.69) is 15.3 Å². The number of amides is 1. The van der Waals surface area contributed by atoms with Gasteiger partial charge in [-0.05, 0) is 50.6 Å². The fraction of sp³-hybridized carbons (Fsp3) is 0.227. The van der Waals surface area contributed by atoms with Gasteiger partial charge in [0.15, 0.2) is 0 Å². The molecule has 0 aromatic carbocycles. The van der Waals surface area contributed by atoms with Crippen molar-refractivity contribution >= 4 is 28.7 Å². The lowest BCUT2D eigenvalue weighted by molar-refractivity contribution is 0.0544. The predicted octanol–water partition coefficient (Wildman–Crippen LogP) is 2.76. The third-order valence-electron chi connectivity index (χ3n) is 4.44. The van der Waals surface area contributed by atoms with E-state index >= 15 is 0 Å². The molecule has 0 fully saturated rings. The number of hydrogen-bond donors (Lipinski definition) is 1. The highest BCUT2D eigenvalue weighted by Gasteiger charge is 2.19. The van der Waals surface area contributed by atoms with Crippen LogP contribution in [0.2, 0.25) is 0 Å². The molecule has 0 aliphatic heterocycles.